The molecule has 1 aromatic carbocycles. The predicted octanol–water partition coefficient (Wildman–Crippen LogP) is 1.98. The largest absolute Gasteiger partial charge is 0.386 e. The molecule has 0 aliphatic carbocycles. The highest BCUT2D eigenvalue weighted by Crippen LogP contribution is 2.19. The number of aromatic nitrogens is 2. The third-order valence-electron chi connectivity index (χ3n) is 2.89. The maximum absolute atomic E-state index is 11.9. The topological polar surface area (TPSA) is 75.1 Å². The molecule has 2 aromatic rings. The molecule has 1 aromatic heterocycles. The zero-order valence-electron chi connectivity index (χ0n) is 10.8. The number of carbonyl (C=O) groups is 1. The van der Waals surface area contributed by atoms with Crippen molar-refractivity contribution in [3.8, 4) is 0 Å². The van der Waals surface area contributed by atoms with Gasteiger partial charge in [-0.25, -0.2) is 0 Å². The summed E-state index contributed by atoms with van der Waals surface area (Å²) in [5.41, 5.74) is 1.09. The van der Waals surface area contributed by atoms with Gasteiger partial charge < -0.3 is 10.4 Å². The van der Waals surface area contributed by atoms with Crippen LogP contribution in [0, 0.1) is 0 Å². The van der Waals surface area contributed by atoms with Crippen molar-refractivity contribution < 1.29 is 9.90 Å². The van der Waals surface area contributed by atoms with Crippen molar-refractivity contribution in [3.05, 3.63) is 58.9 Å². The summed E-state index contributed by atoms with van der Waals surface area (Å²) < 4.78 is 0. The molecule has 0 aliphatic rings. The van der Waals surface area contributed by atoms with Crippen LogP contribution in [0.1, 0.15) is 28.9 Å². The SMILES string of the molecule is CC(NC(=O)c1ccnnc1)C(O)c1ccc(Cl)cc1. The van der Waals surface area contributed by atoms with Gasteiger partial charge in [-0.2, -0.15) is 10.2 Å². The maximum atomic E-state index is 11.9. The molecule has 1 amide bonds. The summed E-state index contributed by atoms with van der Waals surface area (Å²) >= 11 is 5.80. The highest BCUT2D eigenvalue weighted by molar-refractivity contribution is 6.30. The van der Waals surface area contributed by atoms with Gasteiger partial charge in [-0.1, -0.05) is 23.7 Å². The number of hydrogen-bond acceptors (Lipinski definition) is 4. The molecule has 0 fully saturated rings. The van der Waals surface area contributed by atoms with Crippen LogP contribution in [0.3, 0.4) is 0 Å². The van der Waals surface area contributed by atoms with E-state index in [-0.39, 0.29) is 5.91 Å². The molecule has 0 radical (unpaired) electrons. The summed E-state index contributed by atoms with van der Waals surface area (Å²) in [6.07, 6.45) is 2.00. The van der Waals surface area contributed by atoms with Crippen molar-refractivity contribution in [1.82, 2.24) is 15.5 Å². The Morgan fingerprint density at radius 2 is 1.95 bits per heavy atom. The van der Waals surface area contributed by atoms with Crippen LogP contribution in [0.2, 0.25) is 5.02 Å². The number of hydrogen-bond donors (Lipinski definition) is 2. The van der Waals surface area contributed by atoms with Crippen LogP contribution in [0.4, 0.5) is 0 Å². The second-order valence-corrected chi connectivity index (χ2v) is 4.83. The zero-order chi connectivity index (χ0) is 14.5. The van der Waals surface area contributed by atoms with Gasteiger partial charge in [0.1, 0.15) is 0 Å². The fourth-order valence-corrected chi connectivity index (χ4v) is 1.87. The van der Waals surface area contributed by atoms with E-state index in [0.717, 1.165) is 0 Å². The number of aliphatic hydroxyl groups is 1. The number of benzene rings is 1. The third kappa shape index (κ3) is 3.53. The molecule has 20 heavy (non-hydrogen) atoms. The smallest absolute Gasteiger partial charge is 0.253 e. The number of amides is 1. The molecule has 0 aliphatic heterocycles. The van der Waals surface area contributed by atoms with Gasteiger partial charge in [0, 0.05) is 5.02 Å². The molecular weight excluding hydrogens is 278 g/mol. The van der Waals surface area contributed by atoms with Gasteiger partial charge in [-0.3, -0.25) is 4.79 Å². The van der Waals surface area contributed by atoms with Crippen LogP contribution in [-0.2, 0) is 0 Å². The normalized spacial score (nSPS) is 13.6. The Bertz CT molecular complexity index is 575. The first-order valence-corrected chi connectivity index (χ1v) is 6.47. The Morgan fingerprint density at radius 3 is 2.55 bits per heavy atom. The van der Waals surface area contributed by atoms with Gasteiger partial charge in [0.25, 0.3) is 5.91 Å². The van der Waals surface area contributed by atoms with Crippen LogP contribution in [0.25, 0.3) is 0 Å². The van der Waals surface area contributed by atoms with Crippen LogP contribution in [0.5, 0.6) is 0 Å². The van der Waals surface area contributed by atoms with Crippen molar-refractivity contribution in [1.29, 1.82) is 0 Å². The van der Waals surface area contributed by atoms with Crippen LogP contribution < -0.4 is 5.32 Å². The molecule has 1 heterocycles. The lowest BCUT2D eigenvalue weighted by Crippen LogP contribution is -2.37. The van der Waals surface area contributed by atoms with E-state index in [1.807, 2.05) is 0 Å². The average molecular weight is 292 g/mol. The van der Waals surface area contributed by atoms with Crippen molar-refractivity contribution in [2.75, 3.05) is 0 Å². The van der Waals surface area contributed by atoms with Crippen LogP contribution >= 0.6 is 11.6 Å². The van der Waals surface area contributed by atoms with Crippen molar-refractivity contribution >= 4 is 17.5 Å². The van der Waals surface area contributed by atoms with Gasteiger partial charge >= 0.3 is 0 Å². The lowest BCUT2D eigenvalue weighted by Gasteiger charge is -2.20. The molecule has 0 saturated carbocycles. The first-order chi connectivity index (χ1) is 9.58. The third-order valence-corrected chi connectivity index (χ3v) is 3.14. The van der Waals surface area contributed by atoms with E-state index in [1.54, 1.807) is 37.3 Å². The van der Waals surface area contributed by atoms with Crippen molar-refractivity contribution in [2.45, 2.75) is 19.1 Å². The minimum absolute atomic E-state index is 0.305. The monoisotopic (exact) mass is 291 g/mol. The summed E-state index contributed by atoms with van der Waals surface area (Å²) in [5, 5.41) is 20.8. The molecule has 6 heteroatoms. The number of carbonyl (C=O) groups excluding carboxylic acids is 1. The van der Waals surface area contributed by atoms with Crippen LogP contribution in [0.15, 0.2) is 42.7 Å². The number of aliphatic hydroxyl groups excluding tert-OH is 1. The number of halogens is 1. The molecular formula is C14H14ClN3O2. The molecule has 2 rings (SSSR count). The molecule has 104 valence electrons. The number of nitrogens with zero attached hydrogens (tertiary/aromatic N) is 2. The summed E-state index contributed by atoms with van der Waals surface area (Å²) in [6, 6.07) is 7.96. The van der Waals surface area contributed by atoms with E-state index in [9.17, 15) is 9.90 Å². The molecule has 2 atom stereocenters. The van der Waals surface area contributed by atoms with Gasteiger partial charge in [0.05, 0.1) is 30.1 Å². The highest BCUT2D eigenvalue weighted by Gasteiger charge is 2.19. The van der Waals surface area contributed by atoms with Crippen molar-refractivity contribution in [2.24, 2.45) is 0 Å². The van der Waals surface area contributed by atoms with Crippen LogP contribution in [-0.4, -0.2) is 27.3 Å². The van der Waals surface area contributed by atoms with E-state index >= 15 is 0 Å². The van der Waals surface area contributed by atoms with E-state index in [0.29, 0.717) is 16.1 Å². The Kier molecular flexibility index (Phi) is 4.65. The lowest BCUT2D eigenvalue weighted by molar-refractivity contribution is 0.0851. The van der Waals surface area contributed by atoms with Crippen molar-refractivity contribution in [3.63, 3.8) is 0 Å². The molecule has 2 N–H and O–H groups in total. The van der Waals surface area contributed by atoms with E-state index in [2.05, 4.69) is 15.5 Å². The zero-order valence-corrected chi connectivity index (χ0v) is 11.6. The standard InChI is InChI=1S/C14H14ClN3O2/c1-9(13(19)10-2-4-12(15)5-3-10)18-14(20)11-6-7-16-17-8-11/h2-9,13,19H,1H3,(H,18,20). The Labute approximate surface area is 121 Å². The Balaban J connectivity index is 2.02. The second kappa shape index (κ2) is 6.45. The number of rotatable bonds is 4. The summed E-state index contributed by atoms with van der Waals surface area (Å²) in [4.78, 5) is 11.9. The number of nitrogens with one attached hydrogen (secondary N) is 1. The Morgan fingerprint density at radius 1 is 1.25 bits per heavy atom. The average Bonchev–Trinajstić information content (AvgIpc) is 2.48. The first kappa shape index (κ1) is 14.4. The van der Waals surface area contributed by atoms with Gasteiger partial charge in [0.15, 0.2) is 0 Å². The second-order valence-electron chi connectivity index (χ2n) is 4.39. The quantitative estimate of drug-likeness (QED) is 0.903. The maximum Gasteiger partial charge on any atom is 0.253 e. The first-order valence-electron chi connectivity index (χ1n) is 6.09. The summed E-state index contributed by atoms with van der Waals surface area (Å²) in [6.45, 7) is 1.73. The molecule has 0 saturated heterocycles. The van der Waals surface area contributed by atoms with Gasteiger partial charge in [-0.15, -0.1) is 0 Å². The van der Waals surface area contributed by atoms with Gasteiger partial charge in [0.2, 0.25) is 0 Å². The fourth-order valence-electron chi connectivity index (χ4n) is 1.74. The highest BCUT2D eigenvalue weighted by atomic mass is 35.5. The molecule has 5 nitrogen and oxygen atoms in total. The fraction of sp³-hybridized carbons (Fsp3) is 0.214. The lowest BCUT2D eigenvalue weighted by atomic mass is 10.0. The van der Waals surface area contributed by atoms with E-state index < -0.39 is 12.1 Å². The Hall–Kier alpha value is -1.98. The van der Waals surface area contributed by atoms with E-state index in [4.69, 9.17) is 11.6 Å². The summed E-state index contributed by atoms with van der Waals surface area (Å²) in [5.74, 6) is -0.305. The minimum atomic E-state index is -0.814. The predicted molar refractivity (Wildman–Crippen MR) is 75.4 cm³/mol. The van der Waals surface area contributed by atoms with E-state index in [1.165, 1.54) is 12.4 Å². The minimum Gasteiger partial charge on any atom is -0.386 e. The summed E-state index contributed by atoms with van der Waals surface area (Å²) in [7, 11) is 0. The molecule has 2 unspecified atom stereocenters. The van der Waals surface area contributed by atoms with Gasteiger partial charge in [-0.05, 0) is 30.7 Å². The molecule has 0 bridgehead atoms. The molecule has 0 spiro atoms.